The number of nitro groups is 1. The predicted molar refractivity (Wildman–Crippen MR) is 110 cm³/mol. The van der Waals surface area contributed by atoms with E-state index in [0.717, 1.165) is 0 Å². The summed E-state index contributed by atoms with van der Waals surface area (Å²) in [5, 5.41) is 28.1. The molecule has 0 saturated carbocycles. The minimum Gasteiger partial charge on any atom is -0.493 e. The number of hydrogen-bond donors (Lipinski definition) is 2. The molecular formula is C21H17N5O5. The molecular weight excluding hydrogens is 402 g/mol. The van der Waals surface area contributed by atoms with Crippen LogP contribution in [0, 0.1) is 21.4 Å². The molecule has 0 bridgehead atoms. The number of H-pyrrole nitrogens is 1. The zero-order valence-electron chi connectivity index (χ0n) is 16.6. The van der Waals surface area contributed by atoms with Gasteiger partial charge in [-0.1, -0.05) is 18.2 Å². The normalized spacial score (nSPS) is 14.9. The van der Waals surface area contributed by atoms with Gasteiger partial charge >= 0.3 is 0 Å². The van der Waals surface area contributed by atoms with Gasteiger partial charge in [0.05, 0.1) is 36.3 Å². The van der Waals surface area contributed by atoms with Gasteiger partial charge in [-0.05, 0) is 17.7 Å². The lowest BCUT2D eigenvalue weighted by atomic mass is 9.83. The second-order valence-corrected chi connectivity index (χ2v) is 6.66. The molecule has 10 heteroatoms. The van der Waals surface area contributed by atoms with Crippen LogP contribution in [0.2, 0.25) is 0 Å². The summed E-state index contributed by atoms with van der Waals surface area (Å²) >= 11 is 0. The van der Waals surface area contributed by atoms with Gasteiger partial charge in [0, 0.05) is 17.7 Å². The molecule has 0 spiro atoms. The number of allylic oxidation sites excluding steroid dienone is 1. The molecule has 1 unspecified atom stereocenters. The van der Waals surface area contributed by atoms with Crippen LogP contribution in [0.1, 0.15) is 17.0 Å². The number of ether oxygens (including phenoxy) is 3. The summed E-state index contributed by atoms with van der Waals surface area (Å²) in [7, 11) is 3.04. The van der Waals surface area contributed by atoms with E-state index in [4.69, 9.17) is 19.9 Å². The molecule has 0 amide bonds. The lowest BCUT2D eigenvalue weighted by Crippen LogP contribution is -2.21. The number of fused-ring (bicyclic) bond motifs is 1. The van der Waals surface area contributed by atoms with E-state index in [1.54, 1.807) is 30.3 Å². The number of nitrogens with zero attached hydrogens (tertiary/aromatic N) is 3. The van der Waals surface area contributed by atoms with Crippen LogP contribution in [0.5, 0.6) is 17.4 Å². The van der Waals surface area contributed by atoms with E-state index in [2.05, 4.69) is 16.3 Å². The fourth-order valence-electron chi connectivity index (χ4n) is 3.61. The molecule has 1 aliphatic heterocycles. The van der Waals surface area contributed by atoms with Crippen LogP contribution < -0.4 is 19.9 Å². The Labute approximate surface area is 176 Å². The van der Waals surface area contributed by atoms with Crippen LogP contribution in [-0.4, -0.2) is 29.3 Å². The van der Waals surface area contributed by atoms with Crippen molar-refractivity contribution in [3.63, 3.8) is 0 Å². The highest BCUT2D eigenvalue weighted by atomic mass is 16.6. The van der Waals surface area contributed by atoms with Crippen molar-refractivity contribution in [2.75, 3.05) is 14.2 Å². The average Bonchev–Trinajstić information content (AvgIpc) is 3.20. The van der Waals surface area contributed by atoms with Gasteiger partial charge in [-0.25, -0.2) is 0 Å². The molecule has 0 radical (unpaired) electrons. The number of non-ortho nitro benzene ring substituents is 1. The van der Waals surface area contributed by atoms with Gasteiger partial charge in [0.15, 0.2) is 11.5 Å². The van der Waals surface area contributed by atoms with Crippen molar-refractivity contribution in [3.8, 4) is 34.7 Å². The van der Waals surface area contributed by atoms with Gasteiger partial charge in [0.1, 0.15) is 11.6 Å². The second-order valence-electron chi connectivity index (χ2n) is 6.66. The molecule has 31 heavy (non-hydrogen) atoms. The maximum absolute atomic E-state index is 11.2. The molecule has 3 aromatic rings. The molecule has 0 saturated heterocycles. The first-order valence-corrected chi connectivity index (χ1v) is 9.11. The Morgan fingerprint density at radius 2 is 2.00 bits per heavy atom. The van der Waals surface area contributed by atoms with Crippen molar-refractivity contribution >= 4 is 5.69 Å². The van der Waals surface area contributed by atoms with Crippen molar-refractivity contribution in [1.82, 2.24) is 10.2 Å². The first-order chi connectivity index (χ1) is 15.0. The van der Waals surface area contributed by atoms with Gasteiger partial charge in [0.25, 0.3) is 5.69 Å². The minimum absolute atomic E-state index is 0.0631. The molecule has 2 aromatic carbocycles. The number of nitrogens with one attached hydrogen (secondary N) is 1. The van der Waals surface area contributed by atoms with Crippen molar-refractivity contribution in [1.29, 1.82) is 5.26 Å². The Morgan fingerprint density at radius 3 is 2.68 bits per heavy atom. The van der Waals surface area contributed by atoms with Crippen LogP contribution >= 0.6 is 0 Å². The molecule has 4 rings (SSSR count). The van der Waals surface area contributed by atoms with Crippen LogP contribution in [0.15, 0.2) is 53.9 Å². The number of benzene rings is 2. The summed E-state index contributed by atoms with van der Waals surface area (Å²) < 4.78 is 16.3. The predicted octanol–water partition coefficient (Wildman–Crippen LogP) is 3.22. The summed E-state index contributed by atoms with van der Waals surface area (Å²) in [5.41, 5.74) is 8.36. The average molecular weight is 419 g/mol. The molecule has 0 fully saturated rings. The number of nitrogens with two attached hydrogens (primary N) is 1. The fourth-order valence-corrected chi connectivity index (χ4v) is 3.61. The van der Waals surface area contributed by atoms with E-state index in [1.807, 2.05) is 0 Å². The Kier molecular flexibility index (Phi) is 4.92. The van der Waals surface area contributed by atoms with Gasteiger partial charge < -0.3 is 19.9 Å². The maximum atomic E-state index is 11.2. The van der Waals surface area contributed by atoms with E-state index in [-0.39, 0.29) is 23.0 Å². The first kappa shape index (κ1) is 19.8. The van der Waals surface area contributed by atoms with Crippen LogP contribution in [0.4, 0.5) is 5.69 Å². The number of nitro benzene ring substituents is 1. The highest BCUT2D eigenvalue weighted by Crippen LogP contribution is 2.47. The summed E-state index contributed by atoms with van der Waals surface area (Å²) in [5.74, 6) is 0.496. The molecule has 156 valence electrons. The van der Waals surface area contributed by atoms with Crippen LogP contribution in [-0.2, 0) is 0 Å². The molecule has 0 aliphatic carbocycles. The largest absolute Gasteiger partial charge is 0.493 e. The summed E-state index contributed by atoms with van der Waals surface area (Å²) in [6.45, 7) is 0. The van der Waals surface area contributed by atoms with E-state index in [0.29, 0.717) is 33.9 Å². The molecule has 1 aliphatic rings. The summed E-state index contributed by atoms with van der Waals surface area (Å²) in [6.07, 6.45) is 0. The maximum Gasteiger partial charge on any atom is 0.270 e. The van der Waals surface area contributed by atoms with Gasteiger partial charge in [0.2, 0.25) is 11.8 Å². The van der Waals surface area contributed by atoms with Crippen LogP contribution in [0.3, 0.4) is 0 Å². The van der Waals surface area contributed by atoms with Crippen molar-refractivity contribution in [3.05, 3.63) is 75.2 Å². The third-order valence-corrected chi connectivity index (χ3v) is 5.03. The summed E-state index contributed by atoms with van der Waals surface area (Å²) in [6, 6.07) is 13.5. The first-order valence-electron chi connectivity index (χ1n) is 9.11. The lowest BCUT2D eigenvalue weighted by Gasteiger charge is -2.24. The minimum atomic E-state index is -0.637. The fraction of sp³-hybridized carbons (Fsp3) is 0.143. The quantitative estimate of drug-likeness (QED) is 0.473. The lowest BCUT2D eigenvalue weighted by molar-refractivity contribution is -0.384. The second kappa shape index (κ2) is 7.72. The molecule has 1 aromatic heterocycles. The number of hydrogen-bond acceptors (Lipinski definition) is 8. The van der Waals surface area contributed by atoms with E-state index in [9.17, 15) is 15.4 Å². The van der Waals surface area contributed by atoms with Crippen LogP contribution in [0.25, 0.3) is 11.3 Å². The van der Waals surface area contributed by atoms with E-state index >= 15 is 0 Å². The smallest absolute Gasteiger partial charge is 0.270 e. The molecule has 10 nitrogen and oxygen atoms in total. The van der Waals surface area contributed by atoms with Crippen molar-refractivity contribution in [2.24, 2.45) is 5.73 Å². The Hall–Kier alpha value is -4.52. The summed E-state index contributed by atoms with van der Waals surface area (Å²) in [4.78, 5) is 10.8. The number of rotatable bonds is 5. The standard InChI is InChI=1S/C21H17N5O5/c1-29-15-7-6-11(9-16(15)30-2)17-14(10-22)20(23)31-21-18(17)19(24-25-21)12-4-3-5-13(8-12)26(27)28/h3-9,17H,23H2,1-2H3,(H,24,25). The molecule has 3 N–H and O–H groups in total. The Bertz CT molecular complexity index is 1260. The number of nitriles is 1. The van der Waals surface area contributed by atoms with Gasteiger partial charge in [-0.15, -0.1) is 5.10 Å². The highest BCUT2D eigenvalue weighted by molar-refractivity contribution is 5.72. The SMILES string of the molecule is COc1ccc(C2C(C#N)=C(N)Oc3n[nH]c(-c4cccc([N+](=O)[O-])c4)c32)cc1OC. The van der Waals surface area contributed by atoms with Crippen molar-refractivity contribution < 1.29 is 19.1 Å². The van der Waals surface area contributed by atoms with E-state index < -0.39 is 10.8 Å². The van der Waals surface area contributed by atoms with Gasteiger partial charge in [-0.3, -0.25) is 15.2 Å². The highest BCUT2D eigenvalue weighted by Gasteiger charge is 2.36. The van der Waals surface area contributed by atoms with Gasteiger partial charge in [-0.2, -0.15) is 5.26 Å². The number of aromatic amines is 1. The topological polar surface area (TPSA) is 149 Å². The Balaban J connectivity index is 1.94. The molecule has 2 heterocycles. The molecule has 1 atom stereocenters. The van der Waals surface area contributed by atoms with Crippen molar-refractivity contribution in [2.45, 2.75) is 5.92 Å². The number of aromatic nitrogens is 2. The monoisotopic (exact) mass is 419 g/mol. The Morgan fingerprint density at radius 1 is 1.23 bits per heavy atom. The van der Waals surface area contributed by atoms with E-state index in [1.165, 1.54) is 26.4 Å². The third kappa shape index (κ3) is 3.28. The third-order valence-electron chi connectivity index (χ3n) is 5.03. The number of methoxy groups -OCH3 is 2. The zero-order valence-corrected chi connectivity index (χ0v) is 16.6. The zero-order chi connectivity index (χ0) is 22.1.